The second-order valence-electron chi connectivity index (χ2n) is 4.46. The van der Waals surface area contributed by atoms with Gasteiger partial charge in [-0.3, -0.25) is 0 Å². The number of nitrogens with zero attached hydrogens (tertiary/aromatic N) is 2. The Labute approximate surface area is 112 Å². The number of carbonyl (C=O) groups excluding carboxylic acids is 1. The molecule has 1 aliphatic carbocycles. The molecule has 100 valence electrons. The van der Waals surface area contributed by atoms with E-state index in [1.807, 2.05) is 30.3 Å². The lowest BCUT2D eigenvalue weighted by Gasteiger charge is -2.11. The molecular weight excluding hydrogens is 240 g/mol. The molecule has 5 heteroatoms. The van der Waals surface area contributed by atoms with E-state index in [-0.39, 0.29) is 0 Å². The molecule has 1 aromatic rings. The molecule has 1 aromatic carbocycles. The highest BCUT2D eigenvalue weighted by molar-refractivity contribution is 5.87. The van der Waals surface area contributed by atoms with Crippen LogP contribution in [0.2, 0.25) is 0 Å². The Hall–Kier alpha value is -2.17. The molecule has 5 nitrogen and oxygen atoms in total. The summed E-state index contributed by atoms with van der Waals surface area (Å²) in [6.45, 7) is 0. The minimum absolute atomic E-state index is 0.412. The van der Waals surface area contributed by atoms with Gasteiger partial charge in [-0.15, -0.1) is 0 Å². The Morgan fingerprint density at radius 2 is 1.79 bits per heavy atom. The lowest BCUT2D eigenvalue weighted by molar-refractivity contribution is 0.242. The Morgan fingerprint density at radius 1 is 1.05 bits per heavy atom. The van der Waals surface area contributed by atoms with Crippen molar-refractivity contribution in [1.29, 1.82) is 0 Å². The molecule has 0 spiro atoms. The van der Waals surface area contributed by atoms with Gasteiger partial charge in [0.2, 0.25) is 0 Å². The van der Waals surface area contributed by atoms with Crippen molar-refractivity contribution >= 4 is 18.0 Å². The van der Waals surface area contributed by atoms with Crippen molar-refractivity contribution in [3.8, 4) is 0 Å². The van der Waals surface area contributed by atoms with E-state index in [0.717, 1.165) is 37.0 Å². The van der Waals surface area contributed by atoms with E-state index in [0.29, 0.717) is 0 Å². The van der Waals surface area contributed by atoms with Crippen LogP contribution in [0.3, 0.4) is 0 Å². The van der Waals surface area contributed by atoms with Gasteiger partial charge in [0.25, 0.3) is 0 Å². The van der Waals surface area contributed by atoms with Crippen LogP contribution in [0.5, 0.6) is 0 Å². The molecule has 1 fully saturated rings. The zero-order valence-electron chi connectivity index (χ0n) is 10.8. The maximum atomic E-state index is 11.4. The molecule has 2 N–H and O–H groups in total. The third-order valence-corrected chi connectivity index (χ3v) is 2.93. The van der Waals surface area contributed by atoms with Crippen LogP contribution in [0.25, 0.3) is 0 Å². The molecule has 0 saturated heterocycles. The van der Waals surface area contributed by atoms with Crippen molar-refractivity contribution in [1.82, 2.24) is 10.9 Å². The highest BCUT2D eigenvalue weighted by Crippen LogP contribution is 2.13. The van der Waals surface area contributed by atoms with Crippen LogP contribution >= 0.6 is 0 Å². The number of rotatable bonds is 3. The summed E-state index contributed by atoms with van der Waals surface area (Å²) in [5.74, 6) is 0. The lowest BCUT2D eigenvalue weighted by atomic mass is 9.99. The molecule has 0 heterocycles. The summed E-state index contributed by atoms with van der Waals surface area (Å²) >= 11 is 0. The SMILES string of the molecule is O=C(NN=Cc1ccccc1)NN=C1CCCCC1. The normalized spacial score (nSPS) is 15.3. The molecule has 1 aliphatic rings. The maximum Gasteiger partial charge on any atom is 0.355 e. The lowest BCUT2D eigenvalue weighted by Crippen LogP contribution is -2.29. The summed E-state index contributed by atoms with van der Waals surface area (Å²) in [6.07, 6.45) is 7.13. The van der Waals surface area contributed by atoms with Gasteiger partial charge < -0.3 is 0 Å². The van der Waals surface area contributed by atoms with Gasteiger partial charge in [0.05, 0.1) is 6.21 Å². The highest BCUT2D eigenvalue weighted by atomic mass is 16.2. The number of hydrazone groups is 2. The van der Waals surface area contributed by atoms with Crippen LogP contribution in [-0.2, 0) is 0 Å². The smallest absolute Gasteiger partial charge is 0.245 e. The first-order valence-corrected chi connectivity index (χ1v) is 6.54. The quantitative estimate of drug-likeness (QED) is 0.635. The van der Waals surface area contributed by atoms with Crippen LogP contribution in [0.1, 0.15) is 37.7 Å². The third kappa shape index (κ3) is 4.91. The van der Waals surface area contributed by atoms with Gasteiger partial charge in [-0.05, 0) is 31.2 Å². The van der Waals surface area contributed by atoms with E-state index in [4.69, 9.17) is 0 Å². The van der Waals surface area contributed by atoms with Crippen molar-refractivity contribution in [3.63, 3.8) is 0 Å². The Morgan fingerprint density at radius 3 is 2.53 bits per heavy atom. The van der Waals surface area contributed by atoms with E-state index in [2.05, 4.69) is 21.1 Å². The molecule has 0 radical (unpaired) electrons. The van der Waals surface area contributed by atoms with Crippen molar-refractivity contribution in [3.05, 3.63) is 35.9 Å². The maximum absolute atomic E-state index is 11.4. The van der Waals surface area contributed by atoms with Crippen molar-refractivity contribution in [2.75, 3.05) is 0 Å². The number of amides is 2. The number of nitrogens with one attached hydrogen (secondary N) is 2. The predicted molar refractivity (Wildman–Crippen MR) is 76.2 cm³/mol. The van der Waals surface area contributed by atoms with Gasteiger partial charge in [0.15, 0.2) is 0 Å². The molecule has 0 atom stereocenters. The van der Waals surface area contributed by atoms with Crippen LogP contribution in [0, 0.1) is 0 Å². The fourth-order valence-corrected chi connectivity index (χ4v) is 1.93. The number of carbonyl (C=O) groups is 1. The standard InChI is InChI=1S/C14H18N4O/c19-14(18-16-13-9-5-2-6-10-13)17-15-11-12-7-3-1-4-8-12/h1,3-4,7-8,11H,2,5-6,9-10H2,(H2,17,18,19). The molecular formula is C14H18N4O. The minimum Gasteiger partial charge on any atom is -0.245 e. The fourth-order valence-electron chi connectivity index (χ4n) is 1.93. The van der Waals surface area contributed by atoms with Gasteiger partial charge in [-0.2, -0.15) is 10.2 Å². The molecule has 2 rings (SSSR count). The monoisotopic (exact) mass is 258 g/mol. The fraction of sp³-hybridized carbons (Fsp3) is 0.357. The van der Waals surface area contributed by atoms with Crippen molar-refractivity contribution < 1.29 is 4.79 Å². The van der Waals surface area contributed by atoms with Crippen molar-refractivity contribution in [2.24, 2.45) is 10.2 Å². The molecule has 0 unspecified atom stereocenters. The molecule has 0 aliphatic heterocycles. The summed E-state index contributed by atoms with van der Waals surface area (Å²) in [7, 11) is 0. The van der Waals surface area contributed by atoms with E-state index in [1.54, 1.807) is 6.21 Å². The van der Waals surface area contributed by atoms with Crippen LogP contribution < -0.4 is 10.9 Å². The molecule has 1 saturated carbocycles. The minimum atomic E-state index is -0.412. The van der Waals surface area contributed by atoms with E-state index < -0.39 is 6.03 Å². The summed E-state index contributed by atoms with van der Waals surface area (Å²) in [6, 6.07) is 9.16. The summed E-state index contributed by atoms with van der Waals surface area (Å²) in [5.41, 5.74) is 6.84. The van der Waals surface area contributed by atoms with Gasteiger partial charge in [0, 0.05) is 5.71 Å². The predicted octanol–water partition coefficient (Wildman–Crippen LogP) is 2.64. The number of hydrogen-bond acceptors (Lipinski definition) is 3. The average Bonchev–Trinajstić information content (AvgIpc) is 2.47. The Bertz CT molecular complexity index is 460. The second kappa shape index (κ2) is 7.31. The molecule has 0 aromatic heterocycles. The van der Waals surface area contributed by atoms with Gasteiger partial charge in [-0.25, -0.2) is 15.6 Å². The first-order valence-electron chi connectivity index (χ1n) is 6.54. The zero-order chi connectivity index (χ0) is 13.3. The van der Waals surface area contributed by atoms with Crippen LogP contribution in [-0.4, -0.2) is 18.0 Å². The van der Waals surface area contributed by atoms with E-state index in [9.17, 15) is 4.79 Å². The first-order chi connectivity index (χ1) is 9.34. The van der Waals surface area contributed by atoms with E-state index in [1.165, 1.54) is 6.42 Å². The topological polar surface area (TPSA) is 65.8 Å². The Balaban J connectivity index is 1.74. The van der Waals surface area contributed by atoms with Crippen LogP contribution in [0.4, 0.5) is 4.79 Å². The summed E-state index contributed by atoms with van der Waals surface area (Å²) in [5, 5.41) is 7.94. The first kappa shape index (κ1) is 13.3. The molecule has 0 bridgehead atoms. The molecule has 2 amide bonds. The molecule has 19 heavy (non-hydrogen) atoms. The summed E-state index contributed by atoms with van der Waals surface area (Å²) < 4.78 is 0. The van der Waals surface area contributed by atoms with E-state index >= 15 is 0 Å². The number of urea groups is 1. The average molecular weight is 258 g/mol. The zero-order valence-corrected chi connectivity index (χ0v) is 10.8. The second-order valence-corrected chi connectivity index (χ2v) is 4.46. The Kier molecular flexibility index (Phi) is 5.10. The largest absolute Gasteiger partial charge is 0.355 e. The van der Waals surface area contributed by atoms with Gasteiger partial charge in [-0.1, -0.05) is 36.8 Å². The van der Waals surface area contributed by atoms with Gasteiger partial charge >= 0.3 is 6.03 Å². The number of hydrogen-bond donors (Lipinski definition) is 2. The van der Waals surface area contributed by atoms with Gasteiger partial charge in [0.1, 0.15) is 0 Å². The third-order valence-electron chi connectivity index (χ3n) is 2.93. The highest BCUT2D eigenvalue weighted by Gasteiger charge is 2.06. The number of benzene rings is 1. The van der Waals surface area contributed by atoms with Crippen molar-refractivity contribution in [2.45, 2.75) is 32.1 Å². The summed E-state index contributed by atoms with van der Waals surface area (Å²) in [4.78, 5) is 11.4. The van der Waals surface area contributed by atoms with Crippen LogP contribution in [0.15, 0.2) is 40.5 Å².